The fraction of sp³-hybridized carbons (Fsp3) is 0.444. The molecule has 6 nitrogen and oxygen atoms in total. The second kappa shape index (κ2) is 6.37. The number of sulfonamides is 1. The topological polar surface area (TPSA) is 96.0 Å². The molecule has 0 amide bonds. The van der Waals surface area contributed by atoms with Gasteiger partial charge in [0, 0.05) is 19.5 Å². The summed E-state index contributed by atoms with van der Waals surface area (Å²) < 4.78 is 26.3. The summed E-state index contributed by atoms with van der Waals surface area (Å²) in [6.45, 7) is 2.18. The van der Waals surface area contributed by atoms with Crippen molar-refractivity contribution in [3.63, 3.8) is 0 Å². The molecule has 0 fully saturated rings. The summed E-state index contributed by atoms with van der Waals surface area (Å²) in [5.41, 5.74) is 5.32. The summed E-state index contributed by atoms with van der Waals surface area (Å²) >= 11 is 6.73. The quantitative estimate of drug-likeness (QED) is 0.360. The maximum Gasteiger partial charge on any atom is 0.252 e. The highest BCUT2D eigenvalue weighted by Gasteiger charge is 2.24. The molecule has 0 atom stereocenters. The van der Waals surface area contributed by atoms with E-state index < -0.39 is 10.0 Å². The molecule has 1 aromatic heterocycles. The Balaban J connectivity index is 2.87. The molecule has 1 rings (SSSR count). The molecule has 3 N–H and O–H groups in total. The molecule has 0 radical (unpaired) electrons. The van der Waals surface area contributed by atoms with Crippen LogP contribution in [0.15, 0.2) is 21.5 Å². The molecule has 0 aliphatic carbocycles. The van der Waals surface area contributed by atoms with E-state index in [1.54, 1.807) is 6.92 Å². The summed E-state index contributed by atoms with van der Waals surface area (Å²) in [5.74, 6) is -0.00661. The van der Waals surface area contributed by atoms with Gasteiger partial charge in [-0.05, 0) is 12.1 Å². The van der Waals surface area contributed by atoms with Crippen LogP contribution in [-0.2, 0) is 10.0 Å². The van der Waals surface area contributed by atoms with Gasteiger partial charge in [0.05, 0.1) is 4.34 Å². The van der Waals surface area contributed by atoms with Crippen LogP contribution in [-0.4, -0.2) is 36.9 Å². The Morgan fingerprint density at radius 2 is 2.28 bits per heavy atom. The van der Waals surface area contributed by atoms with Crippen LogP contribution in [0.25, 0.3) is 0 Å². The molecule has 1 heterocycles. The average molecular weight is 312 g/mol. The first kappa shape index (κ1) is 15.2. The number of hydrogen-bond donors (Lipinski definition) is 2. The van der Waals surface area contributed by atoms with E-state index in [0.717, 1.165) is 11.3 Å². The number of amidine groups is 1. The van der Waals surface area contributed by atoms with Crippen LogP contribution in [0, 0.1) is 0 Å². The number of nitrogens with two attached hydrogens (primary N) is 1. The van der Waals surface area contributed by atoms with Crippen molar-refractivity contribution in [2.24, 2.45) is 10.9 Å². The molecule has 102 valence electrons. The number of thiophene rings is 1. The van der Waals surface area contributed by atoms with E-state index in [0.29, 0.717) is 10.9 Å². The van der Waals surface area contributed by atoms with E-state index in [1.807, 2.05) is 0 Å². The highest BCUT2D eigenvalue weighted by molar-refractivity contribution is 7.91. The maximum absolute atomic E-state index is 12.2. The zero-order valence-electron chi connectivity index (χ0n) is 9.71. The second-order valence-electron chi connectivity index (χ2n) is 3.40. The summed E-state index contributed by atoms with van der Waals surface area (Å²) in [7, 11) is -3.56. The molecule has 18 heavy (non-hydrogen) atoms. The zero-order chi connectivity index (χ0) is 13.8. The minimum atomic E-state index is -3.56. The van der Waals surface area contributed by atoms with Crippen LogP contribution in [0.3, 0.4) is 0 Å². The number of halogens is 1. The van der Waals surface area contributed by atoms with E-state index in [1.165, 1.54) is 16.4 Å². The summed E-state index contributed by atoms with van der Waals surface area (Å²) in [6, 6.07) is 3.00. The van der Waals surface area contributed by atoms with Gasteiger partial charge in [-0.2, -0.15) is 4.31 Å². The normalized spacial score (nSPS) is 13.2. The number of rotatable bonds is 6. The second-order valence-corrected chi connectivity index (χ2v) is 7.28. The van der Waals surface area contributed by atoms with Crippen LogP contribution in [0.2, 0.25) is 4.34 Å². The van der Waals surface area contributed by atoms with Crippen molar-refractivity contribution in [3.05, 3.63) is 16.5 Å². The minimum Gasteiger partial charge on any atom is -0.409 e. The summed E-state index contributed by atoms with van der Waals surface area (Å²) in [5, 5.41) is 11.2. The minimum absolute atomic E-state index is 0.00661. The Kier molecular flexibility index (Phi) is 5.39. The summed E-state index contributed by atoms with van der Waals surface area (Å²) in [6.07, 6.45) is 0.169. The lowest BCUT2D eigenvalue weighted by molar-refractivity contribution is 0.315. The molecule has 0 spiro atoms. The molecule has 0 aromatic carbocycles. The van der Waals surface area contributed by atoms with Crippen LogP contribution < -0.4 is 5.73 Å². The molecule has 0 unspecified atom stereocenters. The van der Waals surface area contributed by atoms with E-state index in [4.69, 9.17) is 22.5 Å². The van der Waals surface area contributed by atoms with Crippen molar-refractivity contribution in [3.8, 4) is 0 Å². The molecule has 1 aromatic rings. The van der Waals surface area contributed by atoms with Gasteiger partial charge in [-0.25, -0.2) is 8.42 Å². The molecule has 0 aliphatic rings. The maximum atomic E-state index is 12.2. The van der Waals surface area contributed by atoms with E-state index in [-0.39, 0.29) is 23.0 Å². The van der Waals surface area contributed by atoms with E-state index >= 15 is 0 Å². The van der Waals surface area contributed by atoms with Crippen molar-refractivity contribution in [2.75, 3.05) is 13.1 Å². The number of oxime groups is 1. The molecule has 0 saturated carbocycles. The third-order valence-corrected chi connectivity index (χ3v) is 5.91. The highest BCUT2D eigenvalue weighted by Crippen LogP contribution is 2.28. The Labute approximate surface area is 115 Å². The Bertz CT molecular complexity index is 527. The standard InChI is InChI=1S/C9H14ClN3O3S2/c1-2-13(6-5-8(11)12-14)18(15,16)9-4-3-7(10)17-9/h3-4,14H,2,5-6H2,1H3,(H2,11,12). The van der Waals surface area contributed by atoms with Crippen LogP contribution in [0.5, 0.6) is 0 Å². The predicted molar refractivity (Wildman–Crippen MR) is 71.8 cm³/mol. The Morgan fingerprint density at radius 1 is 1.61 bits per heavy atom. The van der Waals surface area contributed by atoms with Gasteiger partial charge in [0.25, 0.3) is 10.0 Å². The number of nitrogens with zero attached hydrogens (tertiary/aromatic N) is 2. The largest absolute Gasteiger partial charge is 0.409 e. The van der Waals surface area contributed by atoms with Gasteiger partial charge in [0.1, 0.15) is 10.0 Å². The molecule has 0 aliphatic heterocycles. The molecular weight excluding hydrogens is 298 g/mol. The first-order chi connectivity index (χ1) is 8.41. The van der Waals surface area contributed by atoms with Crippen LogP contribution >= 0.6 is 22.9 Å². The SMILES string of the molecule is CCN(CC/C(N)=N/O)S(=O)(=O)c1ccc(Cl)s1. The van der Waals surface area contributed by atoms with Crippen molar-refractivity contribution in [1.29, 1.82) is 0 Å². The molecule has 9 heteroatoms. The van der Waals surface area contributed by atoms with Crippen LogP contribution in [0.1, 0.15) is 13.3 Å². The van der Waals surface area contributed by atoms with Crippen molar-refractivity contribution >= 4 is 38.8 Å². The average Bonchev–Trinajstić information content (AvgIpc) is 2.76. The van der Waals surface area contributed by atoms with Gasteiger partial charge < -0.3 is 10.9 Å². The Morgan fingerprint density at radius 3 is 2.72 bits per heavy atom. The lowest BCUT2D eigenvalue weighted by atomic mass is 10.4. The van der Waals surface area contributed by atoms with Gasteiger partial charge in [-0.3, -0.25) is 0 Å². The van der Waals surface area contributed by atoms with Gasteiger partial charge in [0.2, 0.25) is 0 Å². The zero-order valence-corrected chi connectivity index (χ0v) is 12.1. The Hall–Kier alpha value is -0.830. The van der Waals surface area contributed by atoms with Crippen molar-refractivity contribution in [1.82, 2.24) is 4.31 Å². The first-order valence-corrected chi connectivity index (χ1v) is 7.77. The van der Waals surface area contributed by atoms with E-state index in [2.05, 4.69) is 5.16 Å². The van der Waals surface area contributed by atoms with E-state index in [9.17, 15) is 8.42 Å². The summed E-state index contributed by atoms with van der Waals surface area (Å²) in [4.78, 5) is 0. The van der Waals surface area contributed by atoms with Crippen molar-refractivity contribution in [2.45, 2.75) is 17.6 Å². The van der Waals surface area contributed by atoms with Gasteiger partial charge in [-0.1, -0.05) is 23.7 Å². The fourth-order valence-electron chi connectivity index (χ4n) is 1.30. The molecule has 0 saturated heterocycles. The third-order valence-electron chi connectivity index (χ3n) is 2.24. The lowest BCUT2D eigenvalue weighted by Gasteiger charge is -2.18. The highest BCUT2D eigenvalue weighted by atomic mass is 35.5. The monoisotopic (exact) mass is 311 g/mol. The number of hydrogen-bond acceptors (Lipinski definition) is 5. The smallest absolute Gasteiger partial charge is 0.252 e. The van der Waals surface area contributed by atoms with Gasteiger partial charge in [0.15, 0.2) is 0 Å². The third kappa shape index (κ3) is 3.58. The van der Waals surface area contributed by atoms with Gasteiger partial charge in [-0.15, -0.1) is 11.3 Å². The van der Waals surface area contributed by atoms with Crippen LogP contribution in [0.4, 0.5) is 0 Å². The molecular formula is C9H14ClN3O3S2. The fourth-order valence-corrected chi connectivity index (χ4v) is 4.39. The first-order valence-electron chi connectivity index (χ1n) is 5.13. The predicted octanol–water partition coefficient (Wildman–Crippen LogP) is 1.55. The lowest BCUT2D eigenvalue weighted by Crippen LogP contribution is -2.33. The molecule has 0 bridgehead atoms. The van der Waals surface area contributed by atoms with Gasteiger partial charge >= 0.3 is 0 Å². The van der Waals surface area contributed by atoms with Crippen molar-refractivity contribution < 1.29 is 13.6 Å².